The molecular weight excluding hydrogens is 250 g/mol. The molecule has 1 heterocycles. The van der Waals surface area contributed by atoms with Crippen LogP contribution in [0, 0.1) is 5.41 Å². The molecule has 1 fully saturated rings. The molecule has 1 saturated carbocycles. The molecular formula is C13H18ClN3O. The summed E-state index contributed by atoms with van der Waals surface area (Å²) < 4.78 is 0. The van der Waals surface area contributed by atoms with Crippen molar-refractivity contribution in [1.29, 1.82) is 0 Å². The fourth-order valence-electron chi connectivity index (χ4n) is 2.40. The van der Waals surface area contributed by atoms with E-state index in [4.69, 9.17) is 17.3 Å². The molecule has 1 aliphatic carbocycles. The number of pyridine rings is 1. The summed E-state index contributed by atoms with van der Waals surface area (Å²) in [4.78, 5) is 16.0. The maximum Gasteiger partial charge on any atom is 0.271 e. The lowest BCUT2D eigenvalue weighted by Gasteiger charge is -2.23. The third-order valence-electron chi connectivity index (χ3n) is 3.57. The lowest BCUT2D eigenvalue weighted by molar-refractivity contribution is 0.0929. The average molecular weight is 268 g/mol. The van der Waals surface area contributed by atoms with Gasteiger partial charge >= 0.3 is 0 Å². The second-order valence-corrected chi connectivity index (χ2v) is 5.67. The number of aromatic nitrogens is 1. The molecule has 0 atom stereocenters. The van der Waals surface area contributed by atoms with E-state index in [2.05, 4.69) is 17.2 Å². The number of nitrogens with one attached hydrogen (secondary N) is 1. The molecule has 1 aromatic rings. The molecule has 0 radical (unpaired) electrons. The molecule has 4 nitrogen and oxygen atoms in total. The molecule has 1 aromatic heterocycles. The van der Waals surface area contributed by atoms with Crippen LogP contribution >= 0.6 is 11.6 Å². The second kappa shape index (κ2) is 5.14. The minimum absolute atomic E-state index is 0.207. The van der Waals surface area contributed by atoms with E-state index in [1.807, 2.05) is 0 Å². The van der Waals surface area contributed by atoms with E-state index < -0.39 is 0 Å². The van der Waals surface area contributed by atoms with Crippen LogP contribution in [0.2, 0.25) is 5.02 Å². The lowest BCUT2D eigenvalue weighted by Crippen LogP contribution is -2.34. The van der Waals surface area contributed by atoms with Crippen molar-refractivity contribution in [3.8, 4) is 0 Å². The van der Waals surface area contributed by atoms with Crippen molar-refractivity contribution >= 4 is 23.3 Å². The van der Waals surface area contributed by atoms with Gasteiger partial charge in [0, 0.05) is 6.54 Å². The molecule has 0 saturated heterocycles. The van der Waals surface area contributed by atoms with E-state index in [9.17, 15) is 4.79 Å². The van der Waals surface area contributed by atoms with Crippen molar-refractivity contribution in [2.45, 2.75) is 32.6 Å². The zero-order chi connectivity index (χ0) is 13.2. The third-order valence-corrected chi connectivity index (χ3v) is 3.87. The SMILES string of the molecule is CC1(CNC(=O)c2nc(N)ccc2Cl)CCCC1. The number of nitrogen functional groups attached to an aromatic ring is 1. The van der Waals surface area contributed by atoms with Crippen molar-refractivity contribution in [2.75, 3.05) is 12.3 Å². The Morgan fingerprint density at radius 3 is 2.83 bits per heavy atom. The summed E-state index contributed by atoms with van der Waals surface area (Å²) in [6.45, 7) is 2.87. The summed E-state index contributed by atoms with van der Waals surface area (Å²) in [7, 11) is 0. The number of rotatable bonds is 3. The number of carbonyl (C=O) groups is 1. The van der Waals surface area contributed by atoms with Crippen molar-refractivity contribution in [3.63, 3.8) is 0 Å². The van der Waals surface area contributed by atoms with Gasteiger partial charge in [-0.2, -0.15) is 0 Å². The summed E-state index contributed by atoms with van der Waals surface area (Å²) in [5.74, 6) is 0.0528. The van der Waals surface area contributed by atoms with Crippen LogP contribution < -0.4 is 11.1 Å². The molecule has 3 N–H and O–H groups in total. The van der Waals surface area contributed by atoms with E-state index in [0.717, 1.165) is 12.8 Å². The predicted octanol–water partition coefficient (Wildman–Crippen LogP) is 2.63. The number of nitrogens with two attached hydrogens (primary N) is 1. The molecule has 0 bridgehead atoms. The summed E-state index contributed by atoms with van der Waals surface area (Å²) >= 11 is 5.94. The monoisotopic (exact) mass is 267 g/mol. The summed E-state index contributed by atoms with van der Waals surface area (Å²) in [5.41, 5.74) is 5.98. The molecule has 0 unspecified atom stereocenters. The lowest BCUT2D eigenvalue weighted by atomic mass is 9.89. The van der Waals surface area contributed by atoms with E-state index in [0.29, 0.717) is 17.4 Å². The number of hydrogen-bond donors (Lipinski definition) is 2. The minimum Gasteiger partial charge on any atom is -0.384 e. The maximum atomic E-state index is 12.0. The van der Waals surface area contributed by atoms with E-state index in [-0.39, 0.29) is 17.0 Å². The zero-order valence-electron chi connectivity index (χ0n) is 10.5. The highest BCUT2D eigenvalue weighted by Gasteiger charge is 2.29. The fourth-order valence-corrected chi connectivity index (χ4v) is 2.59. The van der Waals surface area contributed by atoms with Crippen molar-refractivity contribution in [2.24, 2.45) is 5.41 Å². The second-order valence-electron chi connectivity index (χ2n) is 5.27. The highest BCUT2D eigenvalue weighted by Crippen LogP contribution is 2.36. The Labute approximate surface area is 112 Å². The highest BCUT2D eigenvalue weighted by molar-refractivity contribution is 6.33. The number of anilines is 1. The Bertz CT molecular complexity index is 456. The summed E-state index contributed by atoms with van der Waals surface area (Å²) in [6.07, 6.45) is 4.80. The van der Waals surface area contributed by atoms with Crippen LogP contribution in [-0.4, -0.2) is 17.4 Å². The summed E-state index contributed by atoms with van der Waals surface area (Å²) in [6, 6.07) is 3.17. The average Bonchev–Trinajstić information content (AvgIpc) is 2.77. The maximum absolute atomic E-state index is 12.0. The van der Waals surface area contributed by atoms with E-state index in [1.165, 1.54) is 12.8 Å². The Morgan fingerprint density at radius 1 is 1.50 bits per heavy atom. The molecule has 2 rings (SSSR count). The van der Waals surface area contributed by atoms with Crippen LogP contribution in [0.4, 0.5) is 5.82 Å². The fraction of sp³-hybridized carbons (Fsp3) is 0.538. The van der Waals surface area contributed by atoms with Crippen LogP contribution in [0.15, 0.2) is 12.1 Å². The Morgan fingerprint density at radius 2 is 2.17 bits per heavy atom. The number of halogens is 1. The van der Waals surface area contributed by atoms with Gasteiger partial charge in [-0.3, -0.25) is 4.79 Å². The van der Waals surface area contributed by atoms with Gasteiger partial charge in [-0.25, -0.2) is 4.98 Å². The van der Waals surface area contributed by atoms with Crippen molar-refractivity contribution < 1.29 is 4.79 Å². The van der Waals surface area contributed by atoms with Gasteiger partial charge < -0.3 is 11.1 Å². The zero-order valence-corrected chi connectivity index (χ0v) is 11.3. The molecule has 18 heavy (non-hydrogen) atoms. The van der Waals surface area contributed by atoms with Gasteiger partial charge in [-0.15, -0.1) is 0 Å². The standard InChI is InChI=1S/C13H18ClN3O/c1-13(6-2-3-7-13)8-16-12(18)11-9(14)4-5-10(15)17-11/h4-5H,2-3,6-8H2,1H3,(H2,15,17)(H,16,18). The molecule has 5 heteroatoms. The van der Waals surface area contributed by atoms with Crippen LogP contribution in [0.1, 0.15) is 43.1 Å². The molecule has 1 aliphatic rings. The molecule has 0 spiro atoms. The van der Waals surface area contributed by atoms with Crippen LogP contribution in [0.25, 0.3) is 0 Å². The normalized spacial score (nSPS) is 17.7. The summed E-state index contributed by atoms with van der Waals surface area (Å²) in [5, 5.41) is 3.24. The van der Waals surface area contributed by atoms with Crippen LogP contribution in [0.5, 0.6) is 0 Å². The van der Waals surface area contributed by atoms with Crippen LogP contribution in [0.3, 0.4) is 0 Å². The third kappa shape index (κ3) is 2.93. The van der Waals surface area contributed by atoms with E-state index >= 15 is 0 Å². The Hall–Kier alpha value is -1.29. The first-order valence-electron chi connectivity index (χ1n) is 6.20. The Balaban J connectivity index is 2.01. The molecule has 1 amide bonds. The molecule has 0 aliphatic heterocycles. The molecule has 0 aromatic carbocycles. The van der Waals surface area contributed by atoms with Gasteiger partial charge in [0.2, 0.25) is 0 Å². The van der Waals surface area contributed by atoms with Crippen molar-refractivity contribution in [3.05, 3.63) is 22.8 Å². The van der Waals surface area contributed by atoms with Crippen LogP contribution in [-0.2, 0) is 0 Å². The number of amides is 1. The van der Waals surface area contributed by atoms with Gasteiger partial charge in [0.05, 0.1) is 5.02 Å². The highest BCUT2D eigenvalue weighted by atomic mass is 35.5. The van der Waals surface area contributed by atoms with E-state index in [1.54, 1.807) is 12.1 Å². The van der Waals surface area contributed by atoms with Gasteiger partial charge in [0.25, 0.3) is 5.91 Å². The van der Waals surface area contributed by atoms with Gasteiger partial charge in [-0.05, 0) is 30.4 Å². The minimum atomic E-state index is -0.250. The predicted molar refractivity (Wildman–Crippen MR) is 72.6 cm³/mol. The quantitative estimate of drug-likeness (QED) is 0.885. The first kappa shape index (κ1) is 13.1. The molecule has 98 valence electrons. The topological polar surface area (TPSA) is 68.0 Å². The Kier molecular flexibility index (Phi) is 3.76. The van der Waals surface area contributed by atoms with Gasteiger partial charge in [0.15, 0.2) is 0 Å². The largest absolute Gasteiger partial charge is 0.384 e. The number of hydrogen-bond acceptors (Lipinski definition) is 3. The smallest absolute Gasteiger partial charge is 0.271 e. The first-order valence-corrected chi connectivity index (χ1v) is 6.58. The van der Waals surface area contributed by atoms with Gasteiger partial charge in [0.1, 0.15) is 11.5 Å². The van der Waals surface area contributed by atoms with Gasteiger partial charge in [-0.1, -0.05) is 31.4 Å². The number of nitrogens with zero attached hydrogens (tertiary/aromatic N) is 1. The number of carbonyl (C=O) groups excluding carboxylic acids is 1. The first-order chi connectivity index (χ1) is 8.50. The van der Waals surface area contributed by atoms with Crippen molar-refractivity contribution in [1.82, 2.24) is 10.3 Å².